The van der Waals surface area contributed by atoms with Gasteiger partial charge in [-0.25, -0.2) is 4.98 Å². The zero-order valence-electron chi connectivity index (χ0n) is 15.9. The first-order chi connectivity index (χ1) is 13.9. The minimum absolute atomic E-state index is 0.0443. The van der Waals surface area contributed by atoms with Gasteiger partial charge in [0.05, 0.1) is 22.8 Å². The fraction of sp³-hybridized carbons (Fsp3) is 0.364. The highest BCUT2D eigenvalue weighted by Gasteiger charge is 2.33. The largest absolute Gasteiger partial charge is 0.416 e. The van der Waals surface area contributed by atoms with Gasteiger partial charge in [-0.3, -0.25) is 14.3 Å². The molecule has 0 atom stereocenters. The molecule has 2 heterocycles. The number of halogens is 3. The number of hydrogen-bond acceptors (Lipinski definition) is 3. The second-order valence-corrected chi connectivity index (χ2v) is 7.59. The summed E-state index contributed by atoms with van der Waals surface area (Å²) in [5.74, 6) is 0.310. The summed E-state index contributed by atoms with van der Waals surface area (Å²) in [6.07, 6.45) is -1.06. The van der Waals surface area contributed by atoms with Gasteiger partial charge >= 0.3 is 6.18 Å². The first kappa shape index (κ1) is 19.6. The molecule has 0 saturated carbocycles. The maximum Gasteiger partial charge on any atom is 0.416 e. The van der Waals surface area contributed by atoms with Crippen molar-refractivity contribution in [2.24, 2.45) is 5.92 Å². The highest BCUT2D eigenvalue weighted by molar-refractivity contribution is 5.76. The lowest BCUT2D eigenvalue weighted by atomic mass is 9.95. The van der Waals surface area contributed by atoms with E-state index >= 15 is 0 Å². The molecule has 1 saturated heterocycles. The molecule has 0 spiro atoms. The van der Waals surface area contributed by atoms with E-state index in [0.29, 0.717) is 48.6 Å². The number of aromatic nitrogens is 2. The Morgan fingerprint density at radius 2 is 1.69 bits per heavy atom. The highest BCUT2D eigenvalue weighted by atomic mass is 19.4. The molecule has 1 aliphatic rings. The van der Waals surface area contributed by atoms with Gasteiger partial charge in [-0.15, -0.1) is 0 Å². The van der Waals surface area contributed by atoms with E-state index in [2.05, 4.69) is 9.88 Å². The van der Waals surface area contributed by atoms with Crippen molar-refractivity contribution in [1.82, 2.24) is 14.5 Å². The van der Waals surface area contributed by atoms with Gasteiger partial charge in [-0.05, 0) is 55.6 Å². The van der Waals surface area contributed by atoms with E-state index in [1.54, 1.807) is 29.1 Å². The van der Waals surface area contributed by atoms with Crippen molar-refractivity contribution in [2.45, 2.75) is 32.1 Å². The van der Waals surface area contributed by atoms with Crippen molar-refractivity contribution in [2.75, 3.05) is 13.1 Å². The molecule has 0 aliphatic carbocycles. The molecule has 0 unspecified atom stereocenters. The molecule has 0 radical (unpaired) electrons. The molecule has 0 bridgehead atoms. The first-order valence-electron chi connectivity index (χ1n) is 9.73. The standard InChI is InChI=1S/C22H22F3N3O/c23-22(24,25)19-7-3-1-5-17(19)14-27-11-9-16(10-12-27)13-28-15-26-20-8-4-2-6-18(20)21(28)29/h1-8,15-16H,9-14H2. The predicted octanol–water partition coefficient (Wildman–Crippen LogP) is 4.33. The number of hydrogen-bond donors (Lipinski definition) is 0. The molecular weight excluding hydrogens is 379 g/mol. The number of likely N-dealkylation sites (tertiary alicyclic amines) is 1. The van der Waals surface area contributed by atoms with E-state index in [9.17, 15) is 18.0 Å². The normalized spacial score (nSPS) is 16.4. The van der Waals surface area contributed by atoms with E-state index in [1.165, 1.54) is 6.07 Å². The Labute approximate surface area is 166 Å². The van der Waals surface area contributed by atoms with Crippen molar-refractivity contribution in [1.29, 1.82) is 0 Å². The second-order valence-electron chi connectivity index (χ2n) is 7.59. The van der Waals surface area contributed by atoms with E-state index in [-0.39, 0.29) is 5.56 Å². The van der Waals surface area contributed by atoms with E-state index in [0.717, 1.165) is 18.9 Å². The lowest BCUT2D eigenvalue weighted by molar-refractivity contribution is -0.138. The Balaban J connectivity index is 1.40. The van der Waals surface area contributed by atoms with Gasteiger partial charge in [0.2, 0.25) is 0 Å². The molecule has 1 aromatic heterocycles. The fourth-order valence-corrected chi connectivity index (χ4v) is 4.02. The third kappa shape index (κ3) is 4.34. The van der Waals surface area contributed by atoms with Crippen LogP contribution >= 0.6 is 0 Å². The number of benzene rings is 2. The number of fused-ring (bicyclic) bond motifs is 1. The van der Waals surface area contributed by atoms with E-state index < -0.39 is 11.7 Å². The number of para-hydroxylation sites is 1. The fourth-order valence-electron chi connectivity index (χ4n) is 4.02. The van der Waals surface area contributed by atoms with Crippen LogP contribution in [0.1, 0.15) is 24.0 Å². The number of alkyl halides is 3. The van der Waals surface area contributed by atoms with Gasteiger partial charge in [0.25, 0.3) is 5.56 Å². The van der Waals surface area contributed by atoms with Gasteiger partial charge < -0.3 is 0 Å². The maximum atomic E-state index is 13.2. The van der Waals surface area contributed by atoms with E-state index in [4.69, 9.17) is 0 Å². The summed E-state index contributed by atoms with van der Waals surface area (Å²) in [6, 6.07) is 13.0. The molecule has 0 N–H and O–H groups in total. The van der Waals surface area contributed by atoms with Crippen molar-refractivity contribution >= 4 is 10.9 Å². The molecule has 4 rings (SSSR count). The zero-order chi connectivity index (χ0) is 20.4. The number of piperidine rings is 1. The Kier molecular flexibility index (Phi) is 5.41. The summed E-state index contributed by atoms with van der Waals surface area (Å²) in [5.41, 5.74) is 0.397. The maximum absolute atomic E-state index is 13.2. The lowest BCUT2D eigenvalue weighted by Crippen LogP contribution is -2.36. The van der Waals surface area contributed by atoms with Crippen LogP contribution in [0.3, 0.4) is 0 Å². The Morgan fingerprint density at radius 1 is 1.00 bits per heavy atom. The molecule has 2 aromatic carbocycles. The van der Waals surface area contributed by atoms with Crippen molar-refractivity contribution < 1.29 is 13.2 Å². The van der Waals surface area contributed by atoms with Gasteiger partial charge in [0.15, 0.2) is 0 Å². The average molecular weight is 401 g/mol. The Morgan fingerprint density at radius 3 is 2.45 bits per heavy atom. The van der Waals surface area contributed by atoms with Crippen molar-refractivity contribution in [3.63, 3.8) is 0 Å². The lowest BCUT2D eigenvalue weighted by Gasteiger charge is -2.32. The first-order valence-corrected chi connectivity index (χ1v) is 9.73. The molecule has 152 valence electrons. The molecule has 29 heavy (non-hydrogen) atoms. The molecule has 7 heteroatoms. The van der Waals surface area contributed by atoms with Crippen LogP contribution in [0.5, 0.6) is 0 Å². The van der Waals surface area contributed by atoms with Crippen LogP contribution in [0.15, 0.2) is 59.7 Å². The van der Waals surface area contributed by atoms with Crippen LogP contribution in [-0.4, -0.2) is 27.5 Å². The third-order valence-corrected chi connectivity index (χ3v) is 5.61. The quantitative estimate of drug-likeness (QED) is 0.653. The molecule has 4 nitrogen and oxygen atoms in total. The van der Waals surface area contributed by atoms with Crippen molar-refractivity contribution in [3.05, 3.63) is 76.3 Å². The molecule has 0 amide bonds. The number of nitrogens with zero attached hydrogens (tertiary/aromatic N) is 3. The van der Waals surface area contributed by atoms with Crippen LogP contribution in [0.2, 0.25) is 0 Å². The summed E-state index contributed by atoms with van der Waals surface area (Å²) < 4.78 is 41.3. The second kappa shape index (κ2) is 7.99. The molecular formula is C22H22F3N3O. The zero-order valence-corrected chi connectivity index (χ0v) is 15.9. The van der Waals surface area contributed by atoms with Crippen LogP contribution in [0.4, 0.5) is 13.2 Å². The molecule has 1 fully saturated rings. The minimum Gasteiger partial charge on any atom is -0.299 e. The van der Waals surface area contributed by atoms with Gasteiger partial charge in [0, 0.05) is 13.1 Å². The van der Waals surface area contributed by atoms with Gasteiger partial charge in [-0.1, -0.05) is 30.3 Å². The molecule has 1 aliphatic heterocycles. The summed E-state index contributed by atoms with van der Waals surface area (Å²) in [6.45, 7) is 2.31. The van der Waals surface area contributed by atoms with Crippen LogP contribution < -0.4 is 5.56 Å². The van der Waals surface area contributed by atoms with Gasteiger partial charge in [0.1, 0.15) is 0 Å². The SMILES string of the molecule is O=c1c2ccccc2ncn1CC1CCN(Cc2ccccc2C(F)(F)F)CC1. The topological polar surface area (TPSA) is 38.1 Å². The van der Waals surface area contributed by atoms with Crippen LogP contribution in [0.25, 0.3) is 10.9 Å². The Bertz CT molecular complexity index is 1050. The Hall–Kier alpha value is -2.67. The highest BCUT2D eigenvalue weighted by Crippen LogP contribution is 2.33. The minimum atomic E-state index is -4.33. The van der Waals surface area contributed by atoms with Crippen LogP contribution in [0, 0.1) is 5.92 Å². The third-order valence-electron chi connectivity index (χ3n) is 5.61. The summed E-state index contributed by atoms with van der Waals surface area (Å²) in [7, 11) is 0. The predicted molar refractivity (Wildman–Crippen MR) is 105 cm³/mol. The summed E-state index contributed by atoms with van der Waals surface area (Å²) in [5, 5.41) is 0.608. The average Bonchev–Trinajstić information content (AvgIpc) is 2.71. The molecule has 3 aromatic rings. The summed E-state index contributed by atoms with van der Waals surface area (Å²) >= 11 is 0. The summed E-state index contributed by atoms with van der Waals surface area (Å²) in [4.78, 5) is 19.1. The smallest absolute Gasteiger partial charge is 0.299 e. The van der Waals surface area contributed by atoms with Crippen molar-refractivity contribution in [3.8, 4) is 0 Å². The van der Waals surface area contributed by atoms with Gasteiger partial charge in [-0.2, -0.15) is 13.2 Å². The van der Waals surface area contributed by atoms with Crippen LogP contribution in [-0.2, 0) is 19.3 Å². The number of rotatable bonds is 4. The monoisotopic (exact) mass is 401 g/mol. The van der Waals surface area contributed by atoms with E-state index in [1.807, 2.05) is 18.2 Å².